The molecule has 0 fully saturated rings. The number of hydrogen-bond donors (Lipinski definition) is 1. The van der Waals surface area contributed by atoms with Gasteiger partial charge >= 0.3 is 0 Å². The van der Waals surface area contributed by atoms with Crippen LogP contribution in [-0.2, 0) is 0 Å². The van der Waals surface area contributed by atoms with Crippen molar-refractivity contribution in [2.45, 2.75) is 26.8 Å². The third-order valence-electron chi connectivity index (χ3n) is 3.93. The fourth-order valence-electron chi connectivity index (χ4n) is 2.74. The summed E-state index contributed by atoms with van der Waals surface area (Å²) in [5.41, 5.74) is 9.57. The van der Waals surface area contributed by atoms with Crippen molar-refractivity contribution in [1.29, 1.82) is 0 Å². The van der Waals surface area contributed by atoms with Crippen molar-refractivity contribution in [1.82, 2.24) is 0 Å². The predicted octanol–water partition coefficient (Wildman–Crippen LogP) is 3.79. The van der Waals surface area contributed by atoms with E-state index in [0.29, 0.717) is 13.2 Å². The smallest absolute Gasteiger partial charge is 0.162 e. The first kappa shape index (κ1) is 14.5. The Bertz CT molecular complexity index is 693. The fraction of sp³-hybridized carbons (Fsp3) is 0.375. The highest BCUT2D eigenvalue weighted by atomic mass is 79.9. The van der Waals surface area contributed by atoms with Crippen molar-refractivity contribution in [3.63, 3.8) is 0 Å². The first-order valence-corrected chi connectivity index (χ1v) is 7.69. The summed E-state index contributed by atoms with van der Waals surface area (Å²) in [6.45, 7) is 7.07. The van der Waals surface area contributed by atoms with E-state index < -0.39 is 0 Å². The summed E-state index contributed by atoms with van der Waals surface area (Å²) in [5.74, 6) is 3.26. The van der Waals surface area contributed by atoms with Gasteiger partial charge in [-0.15, -0.1) is 0 Å². The Balaban J connectivity index is 2.07. The number of hydrogen-bond acceptors (Lipinski definition) is 4. The lowest BCUT2D eigenvalue weighted by molar-refractivity contribution is 0.171. The van der Waals surface area contributed by atoms with Crippen LogP contribution in [0.1, 0.15) is 34.3 Å². The molecule has 0 aliphatic carbocycles. The van der Waals surface area contributed by atoms with E-state index in [1.165, 1.54) is 0 Å². The van der Waals surface area contributed by atoms with Crippen LogP contribution in [-0.4, -0.2) is 13.2 Å². The van der Waals surface area contributed by atoms with E-state index >= 15 is 0 Å². The molecule has 0 spiro atoms. The molecule has 2 aromatic rings. The summed E-state index contributed by atoms with van der Waals surface area (Å²) in [7, 11) is 0. The zero-order valence-electron chi connectivity index (χ0n) is 12.3. The van der Waals surface area contributed by atoms with Gasteiger partial charge in [0, 0.05) is 10.0 Å². The van der Waals surface area contributed by atoms with Crippen LogP contribution in [0.15, 0.2) is 21.0 Å². The molecule has 1 aliphatic rings. The van der Waals surface area contributed by atoms with Gasteiger partial charge in [0.2, 0.25) is 0 Å². The van der Waals surface area contributed by atoms with E-state index in [9.17, 15) is 0 Å². The Morgan fingerprint density at radius 2 is 1.67 bits per heavy atom. The van der Waals surface area contributed by atoms with Crippen LogP contribution in [0.25, 0.3) is 0 Å². The Labute approximate surface area is 132 Å². The van der Waals surface area contributed by atoms with Crippen molar-refractivity contribution in [2.24, 2.45) is 5.73 Å². The zero-order chi connectivity index (χ0) is 15.1. The second-order valence-electron chi connectivity index (χ2n) is 5.25. The van der Waals surface area contributed by atoms with Gasteiger partial charge in [-0.25, -0.2) is 0 Å². The van der Waals surface area contributed by atoms with Gasteiger partial charge in [0.1, 0.15) is 24.7 Å². The summed E-state index contributed by atoms with van der Waals surface area (Å²) >= 11 is 3.58. The number of ether oxygens (including phenoxy) is 2. The summed E-state index contributed by atoms with van der Waals surface area (Å²) in [6.07, 6.45) is 0. The molecule has 4 nitrogen and oxygen atoms in total. The average Bonchev–Trinajstić information content (AvgIpc) is 2.70. The summed E-state index contributed by atoms with van der Waals surface area (Å²) in [4.78, 5) is 0. The maximum atomic E-state index is 6.48. The van der Waals surface area contributed by atoms with E-state index in [2.05, 4.69) is 15.9 Å². The lowest BCUT2D eigenvalue weighted by Crippen LogP contribution is -2.18. The molecule has 1 atom stereocenters. The SMILES string of the molecule is Cc1oc(C)c(C(N)c2cc3c(cc2Br)OCCO3)c1C. The maximum Gasteiger partial charge on any atom is 0.162 e. The fourth-order valence-corrected chi connectivity index (χ4v) is 3.31. The lowest BCUT2D eigenvalue weighted by atomic mass is 9.96. The molecule has 0 saturated carbocycles. The molecule has 0 saturated heterocycles. The van der Waals surface area contributed by atoms with Gasteiger partial charge in [0.05, 0.1) is 6.04 Å². The van der Waals surface area contributed by atoms with Gasteiger partial charge in [-0.05, 0) is 44.0 Å². The number of halogens is 1. The molecule has 5 heteroatoms. The molecule has 3 rings (SSSR count). The number of aryl methyl sites for hydroxylation is 2. The van der Waals surface area contributed by atoms with E-state index in [-0.39, 0.29) is 6.04 Å². The van der Waals surface area contributed by atoms with Crippen LogP contribution in [0.2, 0.25) is 0 Å². The van der Waals surface area contributed by atoms with Crippen molar-refractivity contribution < 1.29 is 13.9 Å². The highest BCUT2D eigenvalue weighted by Crippen LogP contribution is 2.40. The van der Waals surface area contributed by atoms with Crippen LogP contribution in [0.5, 0.6) is 11.5 Å². The minimum absolute atomic E-state index is 0.271. The Hall–Kier alpha value is -1.46. The predicted molar refractivity (Wildman–Crippen MR) is 84.1 cm³/mol. The molecule has 1 unspecified atom stereocenters. The van der Waals surface area contributed by atoms with Crippen molar-refractivity contribution in [3.8, 4) is 11.5 Å². The first-order chi connectivity index (χ1) is 9.99. The lowest BCUT2D eigenvalue weighted by Gasteiger charge is -2.22. The number of nitrogens with two attached hydrogens (primary N) is 1. The monoisotopic (exact) mass is 351 g/mol. The normalized spacial score (nSPS) is 15.1. The molecular formula is C16H18BrNO3. The molecular weight excluding hydrogens is 334 g/mol. The van der Waals surface area contributed by atoms with Gasteiger partial charge in [0.25, 0.3) is 0 Å². The van der Waals surface area contributed by atoms with E-state index in [1.807, 2.05) is 32.9 Å². The largest absolute Gasteiger partial charge is 0.486 e. The van der Waals surface area contributed by atoms with Gasteiger partial charge in [-0.1, -0.05) is 15.9 Å². The highest BCUT2D eigenvalue weighted by Gasteiger charge is 2.24. The molecule has 0 bridgehead atoms. The van der Waals surface area contributed by atoms with Crippen LogP contribution in [0.3, 0.4) is 0 Å². The first-order valence-electron chi connectivity index (χ1n) is 6.90. The number of benzene rings is 1. The minimum Gasteiger partial charge on any atom is -0.486 e. The zero-order valence-corrected chi connectivity index (χ0v) is 13.9. The molecule has 0 radical (unpaired) electrons. The Morgan fingerprint density at radius 3 is 2.24 bits per heavy atom. The van der Waals surface area contributed by atoms with Crippen LogP contribution in [0.4, 0.5) is 0 Å². The molecule has 2 N–H and O–H groups in total. The topological polar surface area (TPSA) is 57.6 Å². The van der Waals surface area contributed by atoms with Crippen molar-refractivity contribution in [3.05, 3.63) is 44.8 Å². The summed E-state index contributed by atoms with van der Waals surface area (Å²) in [5, 5.41) is 0. The summed E-state index contributed by atoms with van der Waals surface area (Å²) < 4.78 is 17.8. The minimum atomic E-state index is -0.271. The molecule has 1 aromatic carbocycles. The second kappa shape index (κ2) is 5.39. The van der Waals surface area contributed by atoms with Crippen LogP contribution in [0, 0.1) is 20.8 Å². The number of furan rings is 1. The quantitative estimate of drug-likeness (QED) is 0.894. The number of rotatable bonds is 2. The molecule has 112 valence electrons. The van der Waals surface area contributed by atoms with Gasteiger partial charge in [-0.3, -0.25) is 0 Å². The van der Waals surface area contributed by atoms with E-state index in [4.69, 9.17) is 19.6 Å². The van der Waals surface area contributed by atoms with Gasteiger partial charge < -0.3 is 19.6 Å². The molecule has 2 heterocycles. The second-order valence-corrected chi connectivity index (χ2v) is 6.10. The Kier molecular flexibility index (Phi) is 3.71. The molecule has 0 amide bonds. The van der Waals surface area contributed by atoms with E-state index in [0.717, 1.165) is 44.2 Å². The van der Waals surface area contributed by atoms with Crippen LogP contribution < -0.4 is 15.2 Å². The molecule has 1 aliphatic heterocycles. The average molecular weight is 352 g/mol. The van der Waals surface area contributed by atoms with E-state index in [1.54, 1.807) is 0 Å². The Morgan fingerprint density at radius 1 is 1.05 bits per heavy atom. The third-order valence-corrected chi connectivity index (χ3v) is 4.61. The van der Waals surface area contributed by atoms with Gasteiger partial charge in [-0.2, -0.15) is 0 Å². The van der Waals surface area contributed by atoms with Gasteiger partial charge in [0.15, 0.2) is 11.5 Å². The van der Waals surface area contributed by atoms with Crippen LogP contribution >= 0.6 is 15.9 Å². The molecule has 1 aromatic heterocycles. The summed E-state index contributed by atoms with van der Waals surface area (Å²) in [6, 6.07) is 3.60. The molecule has 21 heavy (non-hydrogen) atoms. The maximum absolute atomic E-state index is 6.48. The standard InChI is InChI=1S/C16H18BrNO3/c1-8-9(2)21-10(3)15(8)16(18)11-6-13-14(7-12(11)17)20-5-4-19-13/h6-7,16H,4-5,18H2,1-3H3. The number of fused-ring (bicyclic) bond motifs is 1. The third kappa shape index (κ3) is 2.45. The van der Waals surface area contributed by atoms with Crippen molar-refractivity contribution in [2.75, 3.05) is 13.2 Å². The highest BCUT2D eigenvalue weighted by molar-refractivity contribution is 9.10. The van der Waals surface area contributed by atoms with Crippen molar-refractivity contribution >= 4 is 15.9 Å².